The van der Waals surface area contributed by atoms with Crippen LogP contribution in [0.3, 0.4) is 0 Å². The van der Waals surface area contributed by atoms with Gasteiger partial charge in [-0.25, -0.2) is 0 Å². The van der Waals surface area contributed by atoms with E-state index < -0.39 is 0 Å². The molecule has 1 aliphatic carbocycles. The van der Waals surface area contributed by atoms with Gasteiger partial charge < -0.3 is 15.0 Å². The van der Waals surface area contributed by atoms with Crippen LogP contribution in [0.2, 0.25) is 0 Å². The third-order valence-electron chi connectivity index (χ3n) is 5.13. The van der Waals surface area contributed by atoms with Crippen LogP contribution < -0.4 is 15.0 Å². The Morgan fingerprint density at radius 3 is 2.88 bits per heavy atom. The van der Waals surface area contributed by atoms with Crippen molar-refractivity contribution in [1.82, 2.24) is 15.5 Å². The molecule has 0 radical (unpaired) electrons. The molecule has 2 aromatic heterocycles. The summed E-state index contributed by atoms with van der Waals surface area (Å²) in [7, 11) is 0. The fraction of sp³-hybridized carbons (Fsp3) is 0.438. The summed E-state index contributed by atoms with van der Waals surface area (Å²) in [6, 6.07) is 0.0260. The number of aromatic nitrogens is 2. The minimum atomic E-state index is -0.108. The molecule has 3 aliphatic rings. The van der Waals surface area contributed by atoms with Crippen molar-refractivity contribution in [2.75, 3.05) is 18.1 Å². The van der Waals surface area contributed by atoms with E-state index in [-0.39, 0.29) is 24.5 Å². The van der Waals surface area contributed by atoms with Crippen molar-refractivity contribution in [3.8, 4) is 16.2 Å². The standard InChI is InChI=1S/C16H16N4O3S/c21-11-7-23-13-12-15(24-14(13)9-4-17-18-5-9)16(22)19-10(6-20(11)12)8-2-1-3-8/h4-5,8,10H,1-3,6-7H2,(H,17,18)(H,19,22)/t10-/m1/s1. The van der Waals surface area contributed by atoms with Crippen molar-refractivity contribution in [1.29, 1.82) is 0 Å². The second-order valence-electron chi connectivity index (χ2n) is 6.49. The Morgan fingerprint density at radius 1 is 1.29 bits per heavy atom. The predicted molar refractivity (Wildman–Crippen MR) is 88.3 cm³/mol. The minimum absolute atomic E-state index is 0.0135. The summed E-state index contributed by atoms with van der Waals surface area (Å²) in [5, 5.41) is 9.88. The Labute approximate surface area is 142 Å². The molecule has 0 saturated heterocycles. The van der Waals surface area contributed by atoms with E-state index in [1.807, 2.05) is 0 Å². The molecular formula is C16H16N4O3S. The Balaban J connectivity index is 1.63. The lowest BCUT2D eigenvalue weighted by molar-refractivity contribution is -0.121. The Morgan fingerprint density at radius 2 is 2.17 bits per heavy atom. The molecule has 124 valence electrons. The van der Waals surface area contributed by atoms with Crippen molar-refractivity contribution in [2.24, 2.45) is 5.92 Å². The summed E-state index contributed by atoms with van der Waals surface area (Å²) in [6.45, 7) is 0.541. The van der Waals surface area contributed by atoms with E-state index in [9.17, 15) is 9.59 Å². The summed E-state index contributed by atoms with van der Waals surface area (Å²) in [5.41, 5.74) is 1.49. The lowest BCUT2D eigenvalue weighted by Crippen LogP contribution is -2.50. The molecule has 2 N–H and O–H groups in total. The third-order valence-corrected chi connectivity index (χ3v) is 6.34. The number of aromatic amines is 1. The van der Waals surface area contributed by atoms with Crippen LogP contribution in [0, 0.1) is 5.92 Å². The number of anilines is 1. The largest absolute Gasteiger partial charge is 0.480 e. The van der Waals surface area contributed by atoms with Crippen LogP contribution in [0.4, 0.5) is 5.69 Å². The van der Waals surface area contributed by atoms with E-state index in [2.05, 4.69) is 15.5 Å². The second-order valence-corrected chi connectivity index (χ2v) is 7.51. The number of carbonyl (C=O) groups is 2. The minimum Gasteiger partial charge on any atom is -0.480 e. The highest BCUT2D eigenvalue weighted by Gasteiger charge is 2.42. The van der Waals surface area contributed by atoms with Gasteiger partial charge in [0.15, 0.2) is 12.4 Å². The molecule has 0 aromatic carbocycles. The van der Waals surface area contributed by atoms with Crippen LogP contribution in [0.1, 0.15) is 28.9 Å². The van der Waals surface area contributed by atoms with Crippen LogP contribution in [0.25, 0.3) is 10.4 Å². The molecule has 2 aromatic rings. The van der Waals surface area contributed by atoms with Gasteiger partial charge in [-0.2, -0.15) is 5.10 Å². The summed E-state index contributed by atoms with van der Waals surface area (Å²) < 4.78 is 5.71. The van der Waals surface area contributed by atoms with Crippen molar-refractivity contribution in [3.63, 3.8) is 0 Å². The molecule has 0 bridgehead atoms. The molecule has 0 spiro atoms. The number of ether oxygens (including phenoxy) is 1. The maximum Gasteiger partial charge on any atom is 0.265 e. The highest BCUT2D eigenvalue weighted by Crippen LogP contribution is 2.50. The lowest BCUT2D eigenvalue weighted by Gasteiger charge is -2.36. The number of H-pyrrole nitrogens is 1. The van der Waals surface area contributed by atoms with Gasteiger partial charge in [-0.1, -0.05) is 6.42 Å². The Hall–Kier alpha value is -2.35. The fourth-order valence-electron chi connectivity index (χ4n) is 3.62. The van der Waals surface area contributed by atoms with Gasteiger partial charge in [0.1, 0.15) is 10.6 Å². The molecule has 1 fully saturated rings. The maximum absolute atomic E-state index is 12.8. The van der Waals surface area contributed by atoms with Gasteiger partial charge in [0.2, 0.25) is 0 Å². The molecule has 1 saturated carbocycles. The first-order valence-corrected chi connectivity index (χ1v) is 8.94. The van der Waals surface area contributed by atoms with Gasteiger partial charge in [-0.15, -0.1) is 11.3 Å². The molecule has 24 heavy (non-hydrogen) atoms. The zero-order chi connectivity index (χ0) is 16.3. The van der Waals surface area contributed by atoms with Crippen LogP contribution >= 0.6 is 11.3 Å². The fourth-order valence-corrected chi connectivity index (χ4v) is 4.75. The zero-order valence-electron chi connectivity index (χ0n) is 12.9. The number of carbonyl (C=O) groups excluding carboxylic acids is 2. The number of thiophene rings is 1. The first kappa shape index (κ1) is 14.0. The van der Waals surface area contributed by atoms with E-state index in [1.54, 1.807) is 17.3 Å². The molecule has 7 nitrogen and oxygen atoms in total. The summed E-state index contributed by atoms with van der Waals surface area (Å²) in [6.07, 6.45) is 6.89. The van der Waals surface area contributed by atoms with Crippen LogP contribution in [-0.2, 0) is 4.79 Å². The molecule has 5 rings (SSSR count). The Bertz CT molecular complexity index is 825. The molecule has 2 aliphatic heterocycles. The van der Waals surface area contributed by atoms with Crippen molar-refractivity contribution >= 4 is 28.8 Å². The molecular weight excluding hydrogens is 328 g/mol. The normalized spacial score (nSPS) is 23.2. The lowest BCUT2D eigenvalue weighted by atomic mass is 9.79. The molecule has 1 atom stereocenters. The molecule has 0 unspecified atom stereocenters. The van der Waals surface area contributed by atoms with E-state index in [0.29, 0.717) is 28.8 Å². The van der Waals surface area contributed by atoms with Crippen molar-refractivity contribution in [3.05, 3.63) is 17.3 Å². The quantitative estimate of drug-likeness (QED) is 0.869. The van der Waals surface area contributed by atoms with Gasteiger partial charge in [0.05, 0.1) is 17.1 Å². The van der Waals surface area contributed by atoms with Crippen molar-refractivity contribution in [2.45, 2.75) is 25.3 Å². The van der Waals surface area contributed by atoms with Crippen molar-refractivity contribution < 1.29 is 14.3 Å². The molecule has 4 heterocycles. The predicted octanol–water partition coefficient (Wildman–Crippen LogP) is 1.78. The number of hydrogen-bond acceptors (Lipinski definition) is 5. The maximum atomic E-state index is 12.8. The number of amides is 2. The van der Waals surface area contributed by atoms with Crippen LogP contribution in [-0.4, -0.2) is 41.2 Å². The smallest absolute Gasteiger partial charge is 0.265 e. The van der Waals surface area contributed by atoms with Crippen LogP contribution in [0.15, 0.2) is 12.4 Å². The Kier molecular flexibility index (Phi) is 2.97. The zero-order valence-corrected chi connectivity index (χ0v) is 13.7. The third kappa shape index (κ3) is 1.92. The molecule has 2 amide bonds. The summed E-state index contributed by atoms with van der Waals surface area (Å²) in [4.78, 5) is 28.4. The van der Waals surface area contributed by atoms with Crippen LogP contribution in [0.5, 0.6) is 5.75 Å². The SMILES string of the molecule is O=C1N[C@@H](C2CCC2)CN2C(=O)COc3c(-c4cn[nH]c4)sc1c32. The second kappa shape index (κ2) is 5.07. The first-order chi connectivity index (χ1) is 11.7. The van der Waals surface area contributed by atoms with E-state index in [0.717, 1.165) is 23.3 Å². The van der Waals surface area contributed by atoms with E-state index in [4.69, 9.17) is 4.74 Å². The topological polar surface area (TPSA) is 87.3 Å². The van der Waals surface area contributed by atoms with Gasteiger partial charge in [-0.3, -0.25) is 14.7 Å². The highest BCUT2D eigenvalue weighted by atomic mass is 32.1. The first-order valence-electron chi connectivity index (χ1n) is 8.12. The highest BCUT2D eigenvalue weighted by molar-refractivity contribution is 7.18. The number of rotatable bonds is 2. The van der Waals surface area contributed by atoms with Gasteiger partial charge in [-0.05, 0) is 18.8 Å². The summed E-state index contributed by atoms with van der Waals surface area (Å²) in [5.74, 6) is 0.903. The van der Waals surface area contributed by atoms with E-state index >= 15 is 0 Å². The van der Waals surface area contributed by atoms with Gasteiger partial charge in [0, 0.05) is 18.3 Å². The molecule has 8 heteroatoms. The van der Waals surface area contributed by atoms with Gasteiger partial charge in [0.25, 0.3) is 11.8 Å². The monoisotopic (exact) mass is 344 g/mol. The van der Waals surface area contributed by atoms with E-state index in [1.165, 1.54) is 17.8 Å². The summed E-state index contributed by atoms with van der Waals surface area (Å²) >= 11 is 1.36. The average molecular weight is 344 g/mol. The number of hydrogen-bond donors (Lipinski definition) is 2. The average Bonchev–Trinajstić information content (AvgIpc) is 3.12. The number of nitrogens with zero attached hydrogens (tertiary/aromatic N) is 2. The van der Waals surface area contributed by atoms with Gasteiger partial charge >= 0.3 is 0 Å². The number of nitrogens with one attached hydrogen (secondary N) is 2.